The number of carbonyl (C=O) groups is 2. The highest BCUT2D eigenvalue weighted by molar-refractivity contribution is 5.95. The van der Waals surface area contributed by atoms with Gasteiger partial charge in [0.2, 0.25) is 17.7 Å². The molecule has 8 heteroatoms. The maximum Gasteiger partial charge on any atom is 0.243 e. The Labute approximate surface area is 140 Å². The van der Waals surface area contributed by atoms with Crippen molar-refractivity contribution in [2.45, 2.75) is 26.8 Å². The second kappa shape index (κ2) is 7.69. The van der Waals surface area contributed by atoms with Crippen molar-refractivity contribution in [2.75, 3.05) is 24.2 Å². The number of anilines is 2. The number of carbonyl (C=O) groups excluding carboxylic acids is 2. The van der Waals surface area contributed by atoms with E-state index in [0.717, 1.165) is 5.69 Å². The van der Waals surface area contributed by atoms with Gasteiger partial charge in [0, 0.05) is 11.8 Å². The van der Waals surface area contributed by atoms with Gasteiger partial charge in [-0.3, -0.25) is 19.8 Å². The first kappa shape index (κ1) is 17.6. The first-order chi connectivity index (χ1) is 11.3. The zero-order valence-electron chi connectivity index (χ0n) is 14.2. The molecule has 2 N–H and O–H groups in total. The van der Waals surface area contributed by atoms with Gasteiger partial charge in [-0.25, -0.2) is 4.98 Å². The topological polar surface area (TPSA) is 100 Å². The third kappa shape index (κ3) is 4.88. The van der Waals surface area contributed by atoms with E-state index in [-0.39, 0.29) is 24.2 Å². The quantitative estimate of drug-likeness (QED) is 0.833. The van der Waals surface area contributed by atoms with Gasteiger partial charge in [-0.05, 0) is 40.0 Å². The molecular formula is C16H21N5O3. The number of pyridine rings is 1. The van der Waals surface area contributed by atoms with Gasteiger partial charge in [0.25, 0.3) is 0 Å². The van der Waals surface area contributed by atoms with Gasteiger partial charge in [0.05, 0.1) is 18.3 Å². The lowest BCUT2D eigenvalue weighted by molar-refractivity contribution is -0.122. The molecule has 2 amide bonds. The molecule has 2 aromatic rings. The first-order valence-corrected chi connectivity index (χ1v) is 7.53. The van der Waals surface area contributed by atoms with Crippen molar-refractivity contribution in [3.05, 3.63) is 35.7 Å². The van der Waals surface area contributed by atoms with Crippen molar-refractivity contribution < 1.29 is 14.1 Å². The van der Waals surface area contributed by atoms with Crippen molar-refractivity contribution in [3.8, 4) is 0 Å². The van der Waals surface area contributed by atoms with E-state index in [9.17, 15) is 9.59 Å². The average Bonchev–Trinajstić information content (AvgIpc) is 2.91. The number of hydrogen-bond donors (Lipinski definition) is 2. The van der Waals surface area contributed by atoms with Crippen LogP contribution in [0.4, 0.5) is 11.7 Å². The molecule has 128 valence electrons. The van der Waals surface area contributed by atoms with E-state index in [0.29, 0.717) is 11.5 Å². The van der Waals surface area contributed by atoms with E-state index < -0.39 is 6.04 Å². The average molecular weight is 331 g/mol. The molecule has 2 heterocycles. The Hall–Kier alpha value is -2.74. The second-order valence-electron chi connectivity index (χ2n) is 5.63. The molecule has 24 heavy (non-hydrogen) atoms. The number of aryl methyl sites for hydroxylation is 2. The van der Waals surface area contributed by atoms with Crippen LogP contribution in [0.3, 0.4) is 0 Å². The van der Waals surface area contributed by atoms with Gasteiger partial charge in [0.1, 0.15) is 5.82 Å². The van der Waals surface area contributed by atoms with Gasteiger partial charge < -0.3 is 9.84 Å². The molecule has 0 saturated heterocycles. The highest BCUT2D eigenvalue weighted by atomic mass is 16.5. The van der Waals surface area contributed by atoms with Gasteiger partial charge in [-0.15, -0.1) is 0 Å². The van der Waals surface area contributed by atoms with Crippen molar-refractivity contribution in [2.24, 2.45) is 0 Å². The van der Waals surface area contributed by atoms with Crippen molar-refractivity contribution in [1.82, 2.24) is 15.0 Å². The Kier molecular flexibility index (Phi) is 5.64. The zero-order valence-corrected chi connectivity index (χ0v) is 14.2. The van der Waals surface area contributed by atoms with Crippen LogP contribution in [0.1, 0.15) is 18.3 Å². The smallest absolute Gasteiger partial charge is 0.243 e. The van der Waals surface area contributed by atoms with Crippen LogP contribution in [0, 0.1) is 13.8 Å². The number of amides is 2. The SMILES string of the molecule is Cc1cc(NC(=O)[C@H](C)N(C)CC(=O)Nc2cccc(C)n2)on1. The first-order valence-electron chi connectivity index (χ1n) is 7.53. The van der Waals surface area contributed by atoms with Crippen molar-refractivity contribution >= 4 is 23.5 Å². The van der Waals surface area contributed by atoms with E-state index in [1.807, 2.05) is 19.1 Å². The molecule has 0 aliphatic rings. The molecular weight excluding hydrogens is 310 g/mol. The highest BCUT2D eigenvalue weighted by Gasteiger charge is 2.21. The van der Waals surface area contributed by atoms with Crippen LogP contribution in [0.5, 0.6) is 0 Å². The summed E-state index contributed by atoms with van der Waals surface area (Å²) >= 11 is 0. The number of hydrogen-bond acceptors (Lipinski definition) is 6. The van der Waals surface area contributed by atoms with E-state index in [2.05, 4.69) is 20.8 Å². The van der Waals surface area contributed by atoms with Crippen LogP contribution in [-0.4, -0.2) is 46.5 Å². The third-order valence-corrected chi connectivity index (χ3v) is 3.46. The molecule has 0 aromatic carbocycles. The molecule has 1 atom stereocenters. The fraction of sp³-hybridized carbons (Fsp3) is 0.375. The van der Waals surface area contributed by atoms with Gasteiger partial charge in [-0.1, -0.05) is 11.2 Å². The summed E-state index contributed by atoms with van der Waals surface area (Å²) in [5.74, 6) is 0.245. The summed E-state index contributed by atoms with van der Waals surface area (Å²) in [4.78, 5) is 30.1. The normalized spacial score (nSPS) is 12.0. The Bertz CT molecular complexity index is 728. The number of rotatable bonds is 6. The van der Waals surface area contributed by atoms with Crippen LogP contribution in [0.25, 0.3) is 0 Å². The molecule has 0 radical (unpaired) electrons. The van der Waals surface area contributed by atoms with Crippen LogP contribution in [0.2, 0.25) is 0 Å². The molecule has 2 aromatic heterocycles. The number of likely N-dealkylation sites (N-methyl/N-ethyl adjacent to an activating group) is 1. The summed E-state index contributed by atoms with van der Waals surface area (Å²) in [7, 11) is 1.69. The van der Waals surface area contributed by atoms with Gasteiger partial charge >= 0.3 is 0 Å². The van der Waals surface area contributed by atoms with Gasteiger partial charge in [0.15, 0.2) is 0 Å². The Balaban J connectivity index is 1.87. The number of aromatic nitrogens is 2. The maximum atomic E-state index is 12.2. The standard InChI is InChI=1S/C16H21N5O3/c1-10-6-5-7-13(17-10)18-14(22)9-21(4)12(3)16(23)19-15-8-11(2)20-24-15/h5-8,12H,9H2,1-4H3,(H,19,23)(H,17,18,22)/t12-/m0/s1. The van der Waals surface area contributed by atoms with E-state index in [4.69, 9.17) is 4.52 Å². The summed E-state index contributed by atoms with van der Waals surface area (Å²) in [5, 5.41) is 9.03. The number of nitrogens with one attached hydrogen (secondary N) is 2. The summed E-state index contributed by atoms with van der Waals surface area (Å²) in [6, 6.07) is 6.48. The Morgan fingerprint density at radius 1 is 1.25 bits per heavy atom. The molecule has 2 rings (SSSR count). The molecule has 0 saturated carbocycles. The lowest BCUT2D eigenvalue weighted by Gasteiger charge is -2.22. The maximum absolute atomic E-state index is 12.2. The summed E-state index contributed by atoms with van der Waals surface area (Å²) in [6.07, 6.45) is 0. The highest BCUT2D eigenvalue weighted by Crippen LogP contribution is 2.10. The molecule has 0 aliphatic carbocycles. The lowest BCUT2D eigenvalue weighted by Crippen LogP contribution is -2.43. The van der Waals surface area contributed by atoms with Crippen LogP contribution >= 0.6 is 0 Å². The fourth-order valence-corrected chi connectivity index (χ4v) is 2.01. The minimum atomic E-state index is -0.522. The van der Waals surface area contributed by atoms with Crippen LogP contribution in [-0.2, 0) is 9.59 Å². The molecule has 0 fully saturated rings. The van der Waals surface area contributed by atoms with E-state index in [1.54, 1.807) is 37.9 Å². The van der Waals surface area contributed by atoms with Crippen molar-refractivity contribution in [3.63, 3.8) is 0 Å². The van der Waals surface area contributed by atoms with Gasteiger partial charge in [-0.2, -0.15) is 0 Å². The Morgan fingerprint density at radius 2 is 2.00 bits per heavy atom. The molecule has 0 aliphatic heterocycles. The summed E-state index contributed by atoms with van der Waals surface area (Å²) in [6.45, 7) is 5.37. The van der Waals surface area contributed by atoms with Crippen molar-refractivity contribution in [1.29, 1.82) is 0 Å². The Morgan fingerprint density at radius 3 is 2.62 bits per heavy atom. The fourth-order valence-electron chi connectivity index (χ4n) is 2.01. The molecule has 0 spiro atoms. The minimum Gasteiger partial charge on any atom is -0.338 e. The van der Waals surface area contributed by atoms with Crippen LogP contribution in [0.15, 0.2) is 28.8 Å². The largest absolute Gasteiger partial charge is 0.338 e. The summed E-state index contributed by atoms with van der Waals surface area (Å²) in [5.41, 5.74) is 1.49. The zero-order chi connectivity index (χ0) is 17.7. The second-order valence-corrected chi connectivity index (χ2v) is 5.63. The summed E-state index contributed by atoms with van der Waals surface area (Å²) < 4.78 is 4.95. The van der Waals surface area contributed by atoms with E-state index >= 15 is 0 Å². The predicted molar refractivity (Wildman–Crippen MR) is 89.6 cm³/mol. The molecule has 8 nitrogen and oxygen atoms in total. The third-order valence-electron chi connectivity index (χ3n) is 3.46. The van der Waals surface area contributed by atoms with Crippen LogP contribution < -0.4 is 10.6 Å². The van der Waals surface area contributed by atoms with E-state index in [1.165, 1.54) is 0 Å². The minimum absolute atomic E-state index is 0.0552. The lowest BCUT2D eigenvalue weighted by atomic mass is 10.2. The molecule has 0 unspecified atom stereocenters. The molecule has 0 bridgehead atoms. The number of nitrogens with zero attached hydrogens (tertiary/aromatic N) is 3. The monoisotopic (exact) mass is 331 g/mol. The predicted octanol–water partition coefficient (Wildman–Crippen LogP) is 1.58.